The Labute approximate surface area is 96.6 Å². The molecule has 1 fully saturated rings. The van der Waals surface area contributed by atoms with Gasteiger partial charge in [0.25, 0.3) is 0 Å². The Hall–Kier alpha value is -1.31. The molecule has 0 amide bonds. The largest absolute Gasteiger partial charge is 0.372 e. The van der Waals surface area contributed by atoms with Gasteiger partial charge in [-0.1, -0.05) is 25.6 Å². The molecule has 0 bridgehead atoms. The first kappa shape index (κ1) is 11.2. The van der Waals surface area contributed by atoms with Crippen molar-refractivity contribution in [3.63, 3.8) is 0 Å². The van der Waals surface area contributed by atoms with E-state index in [0.717, 1.165) is 30.3 Å². The summed E-state index contributed by atoms with van der Waals surface area (Å²) in [5.41, 5.74) is 2.04. The molecule has 0 unspecified atom stereocenters. The molecule has 1 heterocycles. The average molecular weight is 219 g/mol. The number of halogens is 1. The van der Waals surface area contributed by atoms with Crippen molar-refractivity contribution in [1.82, 2.24) is 4.90 Å². The second-order valence-corrected chi connectivity index (χ2v) is 4.62. The molecule has 0 N–H and O–H groups in total. The molecule has 0 aliphatic carbocycles. The zero-order chi connectivity index (χ0) is 11.5. The molecule has 86 valence electrons. The van der Waals surface area contributed by atoms with Gasteiger partial charge in [-0.2, -0.15) is 0 Å². The highest BCUT2D eigenvalue weighted by Crippen LogP contribution is 2.24. The lowest BCUT2D eigenvalue weighted by Crippen LogP contribution is -2.31. The first-order valence-electron chi connectivity index (χ1n) is 5.86. The summed E-state index contributed by atoms with van der Waals surface area (Å²) in [5.74, 6) is 0.626. The van der Waals surface area contributed by atoms with E-state index in [4.69, 9.17) is 0 Å². The van der Waals surface area contributed by atoms with Crippen LogP contribution in [0.25, 0.3) is 5.70 Å². The van der Waals surface area contributed by atoms with E-state index in [1.807, 2.05) is 0 Å². The Morgan fingerprint density at radius 2 is 1.81 bits per heavy atom. The van der Waals surface area contributed by atoms with Crippen molar-refractivity contribution in [2.45, 2.75) is 19.8 Å². The van der Waals surface area contributed by atoms with Crippen LogP contribution in [0, 0.1) is 11.7 Å². The van der Waals surface area contributed by atoms with E-state index in [9.17, 15) is 4.39 Å². The molecular weight excluding hydrogens is 201 g/mol. The van der Waals surface area contributed by atoms with E-state index in [2.05, 4.69) is 18.4 Å². The van der Waals surface area contributed by atoms with Crippen LogP contribution < -0.4 is 0 Å². The first-order valence-corrected chi connectivity index (χ1v) is 5.86. The maximum absolute atomic E-state index is 12.8. The van der Waals surface area contributed by atoms with Crippen LogP contribution in [0.4, 0.5) is 4.39 Å². The zero-order valence-corrected chi connectivity index (χ0v) is 9.75. The maximum atomic E-state index is 12.8. The van der Waals surface area contributed by atoms with E-state index < -0.39 is 0 Å². The SMILES string of the molecule is C=C(c1ccc(F)cc1)N1CCC(C)CC1. The number of benzene rings is 1. The fourth-order valence-corrected chi connectivity index (χ4v) is 2.10. The van der Waals surface area contributed by atoms with E-state index in [0.29, 0.717) is 0 Å². The molecule has 2 heteroatoms. The molecule has 0 saturated carbocycles. The molecular formula is C14H18FN. The molecule has 1 saturated heterocycles. The van der Waals surface area contributed by atoms with Crippen LogP contribution in [0.3, 0.4) is 0 Å². The van der Waals surface area contributed by atoms with Crippen LogP contribution in [-0.4, -0.2) is 18.0 Å². The van der Waals surface area contributed by atoms with Crippen LogP contribution in [0.5, 0.6) is 0 Å². The number of hydrogen-bond acceptors (Lipinski definition) is 1. The number of rotatable bonds is 2. The van der Waals surface area contributed by atoms with Gasteiger partial charge < -0.3 is 4.90 Å². The van der Waals surface area contributed by atoms with E-state index >= 15 is 0 Å². The molecule has 0 spiro atoms. The van der Waals surface area contributed by atoms with E-state index in [1.165, 1.54) is 25.0 Å². The Balaban J connectivity index is 2.05. The zero-order valence-electron chi connectivity index (χ0n) is 9.75. The molecule has 1 aromatic carbocycles. The van der Waals surface area contributed by atoms with Gasteiger partial charge in [-0.25, -0.2) is 4.39 Å². The van der Waals surface area contributed by atoms with Crippen molar-refractivity contribution in [2.24, 2.45) is 5.92 Å². The van der Waals surface area contributed by atoms with Gasteiger partial charge in [0.05, 0.1) is 0 Å². The van der Waals surface area contributed by atoms with Gasteiger partial charge in [0.15, 0.2) is 0 Å². The second kappa shape index (κ2) is 4.69. The summed E-state index contributed by atoms with van der Waals surface area (Å²) in [6, 6.07) is 6.59. The van der Waals surface area contributed by atoms with Crippen molar-refractivity contribution in [3.8, 4) is 0 Å². The summed E-state index contributed by atoms with van der Waals surface area (Å²) in [6.07, 6.45) is 2.44. The lowest BCUT2D eigenvalue weighted by molar-refractivity contribution is 0.268. The number of piperidine rings is 1. The van der Waals surface area contributed by atoms with E-state index in [-0.39, 0.29) is 5.82 Å². The van der Waals surface area contributed by atoms with Crippen molar-refractivity contribution < 1.29 is 4.39 Å². The van der Waals surface area contributed by atoms with Gasteiger partial charge in [-0.3, -0.25) is 0 Å². The predicted octanol–water partition coefficient (Wildman–Crippen LogP) is 3.53. The molecule has 1 aliphatic rings. The van der Waals surface area contributed by atoms with Gasteiger partial charge in [-0.15, -0.1) is 0 Å². The highest BCUT2D eigenvalue weighted by Gasteiger charge is 2.17. The molecule has 1 aromatic rings. The fraction of sp³-hybridized carbons (Fsp3) is 0.429. The van der Waals surface area contributed by atoms with E-state index in [1.54, 1.807) is 12.1 Å². The number of hydrogen-bond donors (Lipinski definition) is 0. The Morgan fingerprint density at radius 1 is 1.25 bits per heavy atom. The summed E-state index contributed by atoms with van der Waals surface area (Å²) in [6.45, 7) is 8.53. The summed E-state index contributed by atoms with van der Waals surface area (Å²) in [4.78, 5) is 2.30. The summed E-state index contributed by atoms with van der Waals surface area (Å²) >= 11 is 0. The molecule has 16 heavy (non-hydrogen) atoms. The van der Waals surface area contributed by atoms with Gasteiger partial charge in [-0.05, 0) is 36.5 Å². The highest BCUT2D eigenvalue weighted by atomic mass is 19.1. The Kier molecular flexibility index (Phi) is 3.28. The van der Waals surface area contributed by atoms with Crippen molar-refractivity contribution in [1.29, 1.82) is 0 Å². The molecule has 0 atom stereocenters. The van der Waals surface area contributed by atoms with Gasteiger partial charge in [0.1, 0.15) is 5.82 Å². The van der Waals surface area contributed by atoms with Crippen LogP contribution in [0.2, 0.25) is 0 Å². The lowest BCUT2D eigenvalue weighted by atomic mass is 9.98. The van der Waals surface area contributed by atoms with Gasteiger partial charge >= 0.3 is 0 Å². The smallest absolute Gasteiger partial charge is 0.123 e. The number of likely N-dealkylation sites (tertiary alicyclic amines) is 1. The van der Waals surface area contributed by atoms with Crippen LogP contribution >= 0.6 is 0 Å². The lowest BCUT2D eigenvalue weighted by Gasteiger charge is -2.33. The molecule has 0 aromatic heterocycles. The fourth-order valence-electron chi connectivity index (χ4n) is 2.10. The summed E-state index contributed by atoms with van der Waals surface area (Å²) in [5, 5.41) is 0. The topological polar surface area (TPSA) is 3.24 Å². The minimum absolute atomic E-state index is 0.191. The van der Waals surface area contributed by atoms with Crippen molar-refractivity contribution in [2.75, 3.05) is 13.1 Å². The average Bonchev–Trinajstić information content (AvgIpc) is 2.30. The molecule has 1 nitrogen and oxygen atoms in total. The minimum atomic E-state index is -0.191. The Morgan fingerprint density at radius 3 is 2.38 bits per heavy atom. The molecule has 0 radical (unpaired) electrons. The van der Waals surface area contributed by atoms with Crippen molar-refractivity contribution in [3.05, 3.63) is 42.2 Å². The van der Waals surface area contributed by atoms with Gasteiger partial charge in [0, 0.05) is 18.8 Å². The summed E-state index contributed by atoms with van der Waals surface area (Å²) < 4.78 is 12.8. The van der Waals surface area contributed by atoms with Crippen molar-refractivity contribution >= 4 is 5.70 Å². The molecule has 2 rings (SSSR count). The van der Waals surface area contributed by atoms with Crippen LogP contribution in [0.1, 0.15) is 25.3 Å². The standard InChI is InChI=1S/C14H18FN/c1-11-7-9-16(10-8-11)12(2)13-3-5-14(15)6-4-13/h3-6,11H,2,7-10H2,1H3. The maximum Gasteiger partial charge on any atom is 0.123 e. The minimum Gasteiger partial charge on any atom is -0.372 e. The third-order valence-electron chi connectivity index (χ3n) is 3.34. The predicted molar refractivity (Wildman–Crippen MR) is 65.4 cm³/mol. The van der Waals surface area contributed by atoms with Crippen LogP contribution in [0.15, 0.2) is 30.8 Å². The highest BCUT2D eigenvalue weighted by molar-refractivity contribution is 5.61. The monoisotopic (exact) mass is 219 g/mol. The van der Waals surface area contributed by atoms with Crippen LogP contribution in [-0.2, 0) is 0 Å². The first-order chi connectivity index (χ1) is 7.66. The normalized spacial score (nSPS) is 17.5. The quantitative estimate of drug-likeness (QED) is 0.735. The third kappa shape index (κ3) is 2.43. The third-order valence-corrected chi connectivity index (χ3v) is 3.34. The van der Waals surface area contributed by atoms with Gasteiger partial charge in [0.2, 0.25) is 0 Å². The molecule has 1 aliphatic heterocycles. The number of nitrogens with zero attached hydrogens (tertiary/aromatic N) is 1. The Bertz CT molecular complexity index is 361. The second-order valence-electron chi connectivity index (χ2n) is 4.62. The summed E-state index contributed by atoms with van der Waals surface area (Å²) in [7, 11) is 0.